The van der Waals surface area contributed by atoms with Crippen LogP contribution in [0.3, 0.4) is 0 Å². The summed E-state index contributed by atoms with van der Waals surface area (Å²) in [6.45, 7) is 3.89. The average Bonchev–Trinajstić information content (AvgIpc) is 2.79. The highest BCUT2D eigenvalue weighted by Crippen LogP contribution is 2.22. The molecule has 5 heteroatoms. The highest BCUT2D eigenvalue weighted by atomic mass is 19.1. The summed E-state index contributed by atoms with van der Waals surface area (Å²) in [5.41, 5.74) is 6.96. The predicted octanol–water partition coefficient (Wildman–Crippen LogP) is 2.19. The molecule has 0 aliphatic rings. The fourth-order valence-electron chi connectivity index (χ4n) is 1.48. The summed E-state index contributed by atoms with van der Waals surface area (Å²) in [5, 5.41) is 0. The molecule has 2 aromatic heterocycles. The molecule has 0 saturated heterocycles. The highest BCUT2D eigenvalue weighted by molar-refractivity contribution is 5.57. The van der Waals surface area contributed by atoms with E-state index in [1.165, 1.54) is 12.3 Å². The zero-order valence-corrected chi connectivity index (χ0v) is 9.87. The molecule has 0 aliphatic carbocycles. The smallest absolute Gasteiger partial charge is 0.142 e. The zero-order chi connectivity index (χ0) is 12.5. The summed E-state index contributed by atoms with van der Waals surface area (Å²) in [6, 6.07) is 1.41. The van der Waals surface area contributed by atoms with E-state index in [9.17, 15) is 4.39 Å². The first-order valence-electron chi connectivity index (χ1n) is 5.48. The van der Waals surface area contributed by atoms with Crippen LogP contribution in [-0.4, -0.2) is 15.0 Å². The standard InChI is InChI=1S/C12H15FN4/c1-3-12(2,14)11-16-7-10(17-11)8-4-9(13)6-15-5-8/h4-7H,3,14H2,1-2H3,(H,16,17). The van der Waals surface area contributed by atoms with Gasteiger partial charge >= 0.3 is 0 Å². The molecule has 0 aromatic carbocycles. The van der Waals surface area contributed by atoms with Crippen molar-refractivity contribution in [2.75, 3.05) is 0 Å². The van der Waals surface area contributed by atoms with Crippen LogP contribution in [0.1, 0.15) is 26.1 Å². The Morgan fingerprint density at radius 3 is 2.82 bits per heavy atom. The molecule has 0 spiro atoms. The van der Waals surface area contributed by atoms with E-state index in [0.717, 1.165) is 12.1 Å². The lowest BCUT2D eigenvalue weighted by Crippen LogP contribution is -2.33. The maximum Gasteiger partial charge on any atom is 0.142 e. The van der Waals surface area contributed by atoms with Crippen molar-refractivity contribution >= 4 is 0 Å². The third-order valence-corrected chi connectivity index (χ3v) is 2.87. The second-order valence-electron chi connectivity index (χ2n) is 4.31. The Balaban J connectivity index is 2.36. The highest BCUT2D eigenvalue weighted by Gasteiger charge is 2.22. The molecule has 1 unspecified atom stereocenters. The van der Waals surface area contributed by atoms with E-state index in [1.807, 2.05) is 13.8 Å². The second-order valence-corrected chi connectivity index (χ2v) is 4.31. The number of nitrogens with two attached hydrogens (primary N) is 1. The third-order valence-electron chi connectivity index (χ3n) is 2.87. The SMILES string of the molecule is CCC(C)(N)c1ncc(-c2cncc(F)c2)[nH]1. The molecule has 2 aromatic rings. The molecule has 0 fully saturated rings. The van der Waals surface area contributed by atoms with Crippen LogP contribution < -0.4 is 5.73 Å². The van der Waals surface area contributed by atoms with E-state index in [-0.39, 0.29) is 5.82 Å². The van der Waals surface area contributed by atoms with Crippen molar-refractivity contribution in [1.82, 2.24) is 15.0 Å². The Bertz CT molecular complexity index is 519. The van der Waals surface area contributed by atoms with Gasteiger partial charge in [0.25, 0.3) is 0 Å². The van der Waals surface area contributed by atoms with Crippen LogP contribution in [-0.2, 0) is 5.54 Å². The van der Waals surface area contributed by atoms with Crippen molar-refractivity contribution < 1.29 is 4.39 Å². The number of hydrogen-bond acceptors (Lipinski definition) is 3. The lowest BCUT2D eigenvalue weighted by molar-refractivity contribution is 0.450. The molecule has 2 rings (SSSR count). The van der Waals surface area contributed by atoms with Crippen molar-refractivity contribution in [2.45, 2.75) is 25.8 Å². The quantitative estimate of drug-likeness (QED) is 0.855. The van der Waals surface area contributed by atoms with Crippen LogP contribution >= 0.6 is 0 Å². The van der Waals surface area contributed by atoms with Gasteiger partial charge < -0.3 is 10.7 Å². The van der Waals surface area contributed by atoms with Gasteiger partial charge in [0.2, 0.25) is 0 Å². The number of imidazole rings is 1. The van der Waals surface area contributed by atoms with Gasteiger partial charge in [-0.25, -0.2) is 9.37 Å². The minimum Gasteiger partial charge on any atom is -0.340 e. The number of nitrogens with zero attached hydrogens (tertiary/aromatic N) is 2. The second kappa shape index (κ2) is 4.25. The largest absolute Gasteiger partial charge is 0.340 e. The molecular formula is C12H15FN4. The summed E-state index contributed by atoms with van der Waals surface area (Å²) in [7, 11) is 0. The van der Waals surface area contributed by atoms with E-state index >= 15 is 0 Å². The Kier molecular flexibility index (Phi) is 2.93. The minimum absolute atomic E-state index is 0.371. The minimum atomic E-state index is -0.501. The first-order valence-corrected chi connectivity index (χ1v) is 5.48. The summed E-state index contributed by atoms with van der Waals surface area (Å²) in [4.78, 5) is 11.1. The number of pyridine rings is 1. The van der Waals surface area contributed by atoms with Crippen molar-refractivity contribution in [1.29, 1.82) is 0 Å². The summed E-state index contributed by atoms with van der Waals surface area (Å²) in [5.74, 6) is 0.323. The van der Waals surface area contributed by atoms with E-state index in [1.54, 1.807) is 12.4 Å². The summed E-state index contributed by atoms with van der Waals surface area (Å²) in [6.07, 6.45) is 5.16. The topological polar surface area (TPSA) is 67.6 Å². The zero-order valence-electron chi connectivity index (χ0n) is 9.87. The van der Waals surface area contributed by atoms with Gasteiger partial charge in [-0.2, -0.15) is 0 Å². The van der Waals surface area contributed by atoms with Crippen LogP contribution in [0, 0.1) is 5.82 Å². The molecule has 17 heavy (non-hydrogen) atoms. The van der Waals surface area contributed by atoms with Gasteiger partial charge in [-0.3, -0.25) is 4.98 Å². The molecule has 3 N–H and O–H groups in total. The predicted molar refractivity (Wildman–Crippen MR) is 63.6 cm³/mol. The van der Waals surface area contributed by atoms with Crippen molar-refractivity contribution in [3.8, 4) is 11.3 Å². The van der Waals surface area contributed by atoms with E-state index in [0.29, 0.717) is 11.4 Å². The van der Waals surface area contributed by atoms with E-state index < -0.39 is 5.54 Å². The number of hydrogen-bond donors (Lipinski definition) is 2. The number of nitrogens with one attached hydrogen (secondary N) is 1. The van der Waals surface area contributed by atoms with Crippen LogP contribution in [0.25, 0.3) is 11.3 Å². The van der Waals surface area contributed by atoms with Crippen LogP contribution in [0.4, 0.5) is 4.39 Å². The lowest BCUT2D eigenvalue weighted by Gasteiger charge is -2.19. The first kappa shape index (κ1) is 11.7. The Morgan fingerprint density at radius 2 is 2.18 bits per heavy atom. The molecular weight excluding hydrogens is 219 g/mol. The summed E-state index contributed by atoms with van der Waals surface area (Å²) < 4.78 is 13.0. The molecule has 0 saturated carbocycles. The van der Waals surface area contributed by atoms with Gasteiger partial charge in [0, 0.05) is 11.8 Å². The van der Waals surface area contributed by atoms with Gasteiger partial charge in [-0.1, -0.05) is 6.92 Å². The molecule has 0 amide bonds. The van der Waals surface area contributed by atoms with Gasteiger partial charge in [-0.15, -0.1) is 0 Å². The number of H-pyrrole nitrogens is 1. The van der Waals surface area contributed by atoms with Gasteiger partial charge in [0.1, 0.15) is 11.6 Å². The fourth-order valence-corrected chi connectivity index (χ4v) is 1.48. The number of aromatic amines is 1. The molecule has 0 bridgehead atoms. The monoisotopic (exact) mass is 234 g/mol. The molecule has 2 heterocycles. The summed E-state index contributed by atoms with van der Waals surface area (Å²) >= 11 is 0. The molecule has 90 valence electrons. The number of rotatable bonds is 3. The van der Waals surface area contributed by atoms with Crippen molar-refractivity contribution in [3.05, 3.63) is 36.3 Å². The van der Waals surface area contributed by atoms with E-state index in [2.05, 4.69) is 15.0 Å². The van der Waals surface area contributed by atoms with Crippen LogP contribution in [0.5, 0.6) is 0 Å². The molecule has 1 atom stereocenters. The van der Waals surface area contributed by atoms with Crippen molar-refractivity contribution in [2.24, 2.45) is 5.73 Å². The van der Waals surface area contributed by atoms with Crippen LogP contribution in [0.2, 0.25) is 0 Å². The Morgan fingerprint density at radius 1 is 1.41 bits per heavy atom. The number of halogens is 1. The maximum absolute atomic E-state index is 13.0. The third kappa shape index (κ3) is 2.34. The molecule has 0 aliphatic heterocycles. The van der Waals surface area contributed by atoms with Crippen molar-refractivity contribution in [3.63, 3.8) is 0 Å². The van der Waals surface area contributed by atoms with Crippen LogP contribution in [0.15, 0.2) is 24.7 Å². The maximum atomic E-state index is 13.0. The molecule has 4 nitrogen and oxygen atoms in total. The van der Waals surface area contributed by atoms with Gasteiger partial charge in [-0.05, 0) is 19.4 Å². The van der Waals surface area contributed by atoms with E-state index in [4.69, 9.17) is 5.73 Å². The molecule has 0 radical (unpaired) electrons. The van der Waals surface area contributed by atoms with Gasteiger partial charge in [0.05, 0.1) is 23.6 Å². The Hall–Kier alpha value is -1.75. The first-order chi connectivity index (χ1) is 8.03. The Labute approximate surface area is 99.1 Å². The van der Waals surface area contributed by atoms with Gasteiger partial charge in [0.15, 0.2) is 0 Å². The normalized spacial score (nSPS) is 14.6. The number of aromatic nitrogens is 3. The fraction of sp³-hybridized carbons (Fsp3) is 0.333. The lowest BCUT2D eigenvalue weighted by atomic mass is 10.0. The average molecular weight is 234 g/mol.